The number of nitrogens with two attached hydrogens (primary N) is 1. The van der Waals surface area contributed by atoms with Gasteiger partial charge >= 0.3 is 0 Å². The van der Waals surface area contributed by atoms with Gasteiger partial charge in [-0.25, -0.2) is 0 Å². The molecule has 2 N–H and O–H groups in total. The first-order valence-corrected chi connectivity index (χ1v) is 6.43. The van der Waals surface area contributed by atoms with Crippen molar-refractivity contribution in [3.05, 3.63) is 5.01 Å². The van der Waals surface area contributed by atoms with E-state index in [1.165, 1.54) is 12.8 Å². The third kappa shape index (κ3) is 1.72. The topological polar surface area (TPSA) is 72.1 Å². The lowest BCUT2D eigenvalue weighted by Gasteiger charge is -2.10. The van der Waals surface area contributed by atoms with Crippen LogP contribution in [0.5, 0.6) is 0 Å². The number of rotatable bonds is 3. The summed E-state index contributed by atoms with van der Waals surface area (Å²) in [5, 5.41) is 10.1. The predicted octanol–water partition coefficient (Wildman–Crippen LogP) is 0.727. The van der Waals surface area contributed by atoms with Crippen molar-refractivity contribution in [3.63, 3.8) is 0 Å². The standard InChI is InChI=1S/C10H14N4OS/c11-4-6-3-8(15)14(5-6)10-13-12-9(16-10)7-1-2-7/h6-7H,1-5,11H2. The number of anilines is 1. The summed E-state index contributed by atoms with van der Waals surface area (Å²) in [7, 11) is 0. The van der Waals surface area contributed by atoms with Crippen LogP contribution in [0, 0.1) is 5.92 Å². The molecule has 1 saturated heterocycles. The minimum Gasteiger partial charge on any atom is -0.330 e. The summed E-state index contributed by atoms with van der Waals surface area (Å²) in [5.74, 6) is 1.02. The molecule has 6 heteroatoms. The summed E-state index contributed by atoms with van der Waals surface area (Å²) in [5.41, 5.74) is 5.59. The molecule has 0 radical (unpaired) electrons. The van der Waals surface area contributed by atoms with Gasteiger partial charge < -0.3 is 5.73 Å². The lowest BCUT2D eigenvalue weighted by Crippen LogP contribution is -2.25. The van der Waals surface area contributed by atoms with Crippen molar-refractivity contribution in [3.8, 4) is 0 Å². The Labute approximate surface area is 97.6 Å². The second-order valence-corrected chi connectivity index (χ2v) is 5.49. The van der Waals surface area contributed by atoms with E-state index in [9.17, 15) is 4.79 Å². The molecule has 2 aliphatic rings. The molecule has 1 aliphatic heterocycles. The van der Waals surface area contributed by atoms with E-state index in [4.69, 9.17) is 5.73 Å². The fraction of sp³-hybridized carbons (Fsp3) is 0.700. The largest absolute Gasteiger partial charge is 0.330 e. The summed E-state index contributed by atoms with van der Waals surface area (Å²) < 4.78 is 0. The summed E-state index contributed by atoms with van der Waals surface area (Å²) in [4.78, 5) is 13.5. The molecular formula is C10H14N4OS. The molecule has 1 aromatic rings. The van der Waals surface area contributed by atoms with Gasteiger partial charge in [0.1, 0.15) is 5.01 Å². The molecule has 0 aromatic carbocycles. The van der Waals surface area contributed by atoms with Gasteiger partial charge in [0.25, 0.3) is 0 Å². The summed E-state index contributed by atoms with van der Waals surface area (Å²) in [6, 6.07) is 0. The summed E-state index contributed by atoms with van der Waals surface area (Å²) in [6.45, 7) is 1.27. The first kappa shape index (κ1) is 10.2. The fourth-order valence-corrected chi connectivity index (χ4v) is 2.99. The Bertz CT molecular complexity index is 415. The maximum absolute atomic E-state index is 11.7. The highest BCUT2D eigenvalue weighted by atomic mass is 32.1. The number of hydrogen-bond acceptors (Lipinski definition) is 5. The molecule has 16 heavy (non-hydrogen) atoms. The Morgan fingerprint density at radius 2 is 2.25 bits per heavy atom. The van der Waals surface area contributed by atoms with Crippen LogP contribution in [0.1, 0.15) is 30.2 Å². The molecule has 0 spiro atoms. The van der Waals surface area contributed by atoms with E-state index < -0.39 is 0 Å². The van der Waals surface area contributed by atoms with E-state index in [0.717, 1.165) is 10.1 Å². The molecule has 1 atom stereocenters. The first-order valence-electron chi connectivity index (χ1n) is 5.61. The third-order valence-corrected chi connectivity index (χ3v) is 4.23. The molecule has 1 aliphatic carbocycles. The van der Waals surface area contributed by atoms with Crippen LogP contribution < -0.4 is 10.6 Å². The van der Waals surface area contributed by atoms with E-state index in [-0.39, 0.29) is 11.8 Å². The number of carbonyl (C=O) groups is 1. The molecule has 1 aromatic heterocycles. The van der Waals surface area contributed by atoms with Gasteiger partial charge in [-0.05, 0) is 25.3 Å². The van der Waals surface area contributed by atoms with Gasteiger partial charge in [0.2, 0.25) is 11.0 Å². The van der Waals surface area contributed by atoms with E-state index in [2.05, 4.69) is 10.2 Å². The van der Waals surface area contributed by atoms with Crippen molar-refractivity contribution >= 4 is 22.4 Å². The van der Waals surface area contributed by atoms with Crippen molar-refractivity contribution in [2.45, 2.75) is 25.2 Å². The molecule has 1 saturated carbocycles. The Kier molecular flexibility index (Phi) is 2.40. The molecule has 2 fully saturated rings. The zero-order valence-electron chi connectivity index (χ0n) is 8.93. The predicted molar refractivity (Wildman–Crippen MR) is 61.4 cm³/mol. The highest BCUT2D eigenvalue weighted by Gasteiger charge is 2.34. The van der Waals surface area contributed by atoms with Crippen molar-refractivity contribution < 1.29 is 4.79 Å². The van der Waals surface area contributed by atoms with Crippen LogP contribution >= 0.6 is 11.3 Å². The molecular weight excluding hydrogens is 224 g/mol. The van der Waals surface area contributed by atoms with Gasteiger partial charge in [-0.15, -0.1) is 10.2 Å². The zero-order valence-corrected chi connectivity index (χ0v) is 9.74. The van der Waals surface area contributed by atoms with Crippen molar-refractivity contribution in [1.29, 1.82) is 0 Å². The first-order chi connectivity index (χ1) is 7.78. The lowest BCUT2D eigenvalue weighted by atomic mass is 10.1. The van der Waals surface area contributed by atoms with E-state index in [0.29, 0.717) is 25.4 Å². The number of aromatic nitrogens is 2. The third-order valence-electron chi connectivity index (χ3n) is 3.13. The second kappa shape index (κ2) is 3.78. The molecule has 1 unspecified atom stereocenters. The number of carbonyl (C=O) groups excluding carboxylic acids is 1. The quantitative estimate of drug-likeness (QED) is 0.842. The fourth-order valence-electron chi connectivity index (χ4n) is 1.96. The molecule has 86 valence electrons. The number of nitrogens with zero attached hydrogens (tertiary/aromatic N) is 3. The molecule has 2 heterocycles. The van der Waals surface area contributed by atoms with Crippen LogP contribution in [0.4, 0.5) is 5.13 Å². The maximum atomic E-state index is 11.7. The average molecular weight is 238 g/mol. The minimum atomic E-state index is 0.133. The zero-order chi connectivity index (χ0) is 11.1. The Hall–Kier alpha value is -1.01. The van der Waals surface area contributed by atoms with Gasteiger partial charge in [0.05, 0.1) is 0 Å². The molecule has 1 amide bonds. The minimum absolute atomic E-state index is 0.133. The molecule has 0 bridgehead atoms. The molecule has 3 rings (SSSR count). The van der Waals surface area contributed by atoms with Crippen LogP contribution in [-0.2, 0) is 4.79 Å². The van der Waals surface area contributed by atoms with Crippen LogP contribution in [0.25, 0.3) is 0 Å². The van der Waals surface area contributed by atoms with E-state index in [1.807, 2.05) is 0 Å². The van der Waals surface area contributed by atoms with Crippen molar-refractivity contribution in [2.24, 2.45) is 11.7 Å². The van der Waals surface area contributed by atoms with Crippen molar-refractivity contribution in [1.82, 2.24) is 10.2 Å². The smallest absolute Gasteiger partial charge is 0.229 e. The van der Waals surface area contributed by atoms with Crippen molar-refractivity contribution in [2.75, 3.05) is 18.0 Å². The average Bonchev–Trinajstić information content (AvgIpc) is 2.89. The highest BCUT2D eigenvalue weighted by Crippen LogP contribution is 2.43. The number of amides is 1. The monoisotopic (exact) mass is 238 g/mol. The maximum Gasteiger partial charge on any atom is 0.229 e. The van der Waals surface area contributed by atoms with Crippen LogP contribution in [0.2, 0.25) is 0 Å². The lowest BCUT2D eigenvalue weighted by molar-refractivity contribution is -0.117. The van der Waals surface area contributed by atoms with E-state index in [1.54, 1.807) is 16.2 Å². The van der Waals surface area contributed by atoms with Gasteiger partial charge in [0.15, 0.2) is 0 Å². The van der Waals surface area contributed by atoms with Crippen LogP contribution in [0.3, 0.4) is 0 Å². The second-order valence-electron chi connectivity index (χ2n) is 4.51. The molecule has 5 nitrogen and oxygen atoms in total. The normalized spacial score (nSPS) is 25.4. The van der Waals surface area contributed by atoms with E-state index >= 15 is 0 Å². The van der Waals surface area contributed by atoms with Crippen LogP contribution in [0.15, 0.2) is 0 Å². The Morgan fingerprint density at radius 1 is 1.44 bits per heavy atom. The summed E-state index contributed by atoms with van der Waals surface area (Å²) in [6.07, 6.45) is 2.98. The Balaban J connectivity index is 1.78. The highest BCUT2D eigenvalue weighted by molar-refractivity contribution is 7.15. The number of hydrogen-bond donors (Lipinski definition) is 1. The van der Waals surface area contributed by atoms with Gasteiger partial charge in [-0.2, -0.15) is 0 Å². The summed E-state index contributed by atoms with van der Waals surface area (Å²) >= 11 is 1.56. The SMILES string of the molecule is NCC1CC(=O)N(c2nnc(C3CC3)s2)C1. The van der Waals surface area contributed by atoms with Gasteiger partial charge in [0, 0.05) is 18.9 Å². The Morgan fingerprint density at radius 3 is 2.88 bits per heavy atom. The van der Waals surface area contributed by atoms with Crippen LogP contribution in [-0.4, -0.2) is 29.2 Å². The van der Waals surface area contributed by atoms with Gasteiger partial charge in [-0.3, -0.25) is 9.69 Å². The van der Waals surface area contributed by atoms with Gasteiger partial charge in [-0.1, -0.05) is 11.3 Å².